The van der Waals surface area contributed by atoms with Gasteiger partial charge in [0.2, 0.25) is 0 Å². The van der Waals surface area contributed by atoms with Gasteiger partial charge in [0.15, 0.2) is 0 Å². The van der Waals surface area contributed by atoms with Crippen LogP contribution >= 0.6 is 23.2 Å². The van der Waals surface area contributed by atoms with Crippen molar-refractivity contribution in [1.29, 1.82) is 0 Å². The monoisotopic (exact) mass is 527 g/mol. The fourth-order valence-corrected chi connectivity index (χ4v) is 4.09. The molecule has 3 aromatic rings. The van der Waals surface area contributed by atoms with Crippen molar-refractivity contribution >= 4 is 41.1 Å². The minimum Gasteiger partial charge on any atom is -0.457 e. The van der Waals surface area contributed by atoms with Gasteiger partial charge in [-0.2, -0.15) is 0 Å². The van der Waals surface area contributed by atoms with Gasteiger partial charge in [0.1, 0.15) is 17.2 Å². The van der Waals surface area contributed by atoms with E-state index in [2.05, 4.69) is 15.5 Å². The molecule has 0 bridgehead atoms. The Morgan fingerprint density at radius 2 is 1.78 bits per heavy atom. The Balaban J connectivity index is 1.53. The van der Waals surface area contributed by atoms with Crippen LogP contribution in [0.15, 0.2) is 64.7 Å². The van der Waals surface area contributed by atoms with E-state index in [-0.39, 0.29) is 5.70 Å². The summed E-state index contributed by atoms with van der Waals surface area (Å²) in [5.74, 6) is 0.0611. The summed E-state index contributed by atoms with van der Waals surface area (Å²) in [6, 6.07) is 15.6. The van der Waals surface area contributed by atoms with Crippen LogP contribution in [0.3, 0.4) is 0 Å². The number of aryl methyl sites for hydroxylation is 1. The molecule has 1 fully saturated rings. The highest BCUT2D eigenvalue weighted by Gasteiger charge is 2.17. The molecule has 2 amide bonds. The van der Waals surface area contributed by atoms with Crippen LogP contribution in [-0.2, 0) is 9.53 Å². The molecule has 1 aromatic heterocycles. The summed E-state index contributed by atoms with van der Waals surface area (Å²) in [7, 11) is 0. The summed E-state index contributed by atoms with van der Waals surface area (Å²) >= 11 is 12.4. The first-order valence-electron chi connectivity index (χ1n) is 11.6. The van der Waals surface area contributed by atoms with Gasteiger partial charge in [-0.15, -0.1) is 0 Å². The molecule has 2 aromatic carbocycles. The van der Waals surface area contributed by atoms with Crippen molar-refractivity contribution in [2.45, 2.75) is 6.92 Å². The molecule has 1 aliphatic heterocycles. The zero-order valence-corrected chi connectivity index (χ0v) is 21.4. The number of hydrogen-bond acceptors (Lipinski definition) is 5. The second-order valence-electron chi connectivity index (χ2n) is 8.41. The standard InChI is InChI=1S/C27H27Cl2N3O4/c1-18-2-4-19(5-3-18)26(33)31-24(27(34)30-10-11-32-12-14-35-15-13-32)17-21-7-9-25(36-21)22-16-20(28)6-8-23(22)29/h2-9,16-17H,10-15H2,1H3,(H,30,34)(H,31,33). The maximum atomic E-state index is 13.1. The maximum Gasteiger partial charge on any atom is 0.267 e. The van der Waals surface area contributed by atoms with Gasteiger partial charge in [-0.05, 0) is 49.4 Å². The van der Waals surface area contributed by atoms with Crippen molar-refractivity contribution in [2.75, 3.05) is 39.4 Å². The highest BCUT2D eigenvalue weighted by molar-refractivity contribution is 6.35. The Hall–Kier alpha value is -3.10. The maximum absolute atomic E-state index is 13.1. The predicted molar refractivity (Wildman–Crippen MR) is 141 cm³/mol. The number of amides is 2. The van der Waals surface area contributed by atoms with Crippen molar-refractivity contribution < 1.29 is 18.7 Å². The quantitative estimate of drug-likeness (QED) is 0.412. The van der Waals surface area contributed by atoms with E-state index in [0.29, 0.717) is 59.0 Å². The lowest BCUT2D eigenvalue weighted by atomic mass is 10.1. The largest absolute Gasteiger partial charge is 0.457 e. The number of nitrogens with zero attached hydrogens (tertiary/aromatic N) is 1. The van der Waals surface area contributed by atoms with Crippen molar-refractivity contribution in [1.82, 2.24) is 15.5 Å². The summed E-state index contributed by atoms with van der Waals surface area (Å²) < 4.78 is 11.3. The van der Waals surface area contributed by atoms with Crippen LogP contribution in [0, 0.1) is 6.92 Å². The third kappa shape index (κ3) is 6.98. The average molecular weight is 528 g/mol. The van der Waals surface area contributed by atoms with Gasteiger partial charge >= 0.3 is 0 Å². The molecule has 1 aliphatic rings. The smallest absolute Gasteiger partial charge is 0.267 e. The third-order valence-corrected chi connectivity index (χ3v) is 6.30. The number of benzene rings is 2. The minimum absolute atomic E-state index is 0.0700. The summed E-state index contributed by atoms with van der Waals surface area (Å²) in [4.78, 5) is 28.2. The number of ether oxygens (including phenoxy) is 1. The first-order chi connectivity index (χ1) is 17.4. The zero-order valence-electron chi connectivity index (χ0n) is 19.9. The molecule has 0 atom stereocenters. The van der Waals surface area contributed by atoms with Crippen molar-refractivity contribution in [3.8, 4) is 11.3 Å². The molecule has 0 aliphatic carbocycles. The Kier molecular flexibility index (Phi) is 8.83. The molecule has 7 nitrogen and oxygen atoms in total. The topological polar surface area (TPSA) is 83.8 Å². The molecule has 0 unspecified atom stereocenters. The second-order valence-corrected chi connectivity index (χ2v) is 9.26. The van der Waals surface area contributed by atoms with Crippen LogP contribution in [0.25, 0.3) is 17.4 Å². The number of carbonyl (C=O) groups is 2. The third-order valence-electron chi connectivity index (χ3n) is 5.73. The van der Waals surface area contributed by atoms with Gasteiger partial charge in [-0.25, -0.2) is 0 Å². The first kappa shape index (κ1) is 26.0. The highest BCUT2D eigenvalue weighted by atomic mass is 35.5. The normalized spacial score (nSPS) is 14.5. The molecule has 0 radical (unpaired) electrons. The summed E-state index contributed by atoms with van der Waals surface area (Å²) in [5, 5.41) is 6.62. The van der Waals surface area contributed by atoms with Crippen molar-refractivity contribution in [3.63, 3.8) is 0 Å². The first-order valence-corrected chi connectivity index (χ1v) is 12.4. The highest BCUT2D eigenvalue weighted by Crippen LogP contribution is 2.32. The van der Waals surface area contributed by atoms with Gasteiger partial charge in [0.05, 0.1) is 18.2 Å². The molecule has 9 heteroatoms. The zero-order chi connectivity index (χ0) is 25.5. The Morgan fingerprint density at radius 1 is 1.03 bits per heavy atom. The van der Waals surface area contributed by atoms with E-state index in [4.69, 9.17) is 32.4 Å². The Labute approximate surface area is 220 Å². The number of carbonyl (C=O) groups excluding carboxylic acids is 2. The van der Waals surface area contributed by atoms with E-state index in [1.807, 2.05) is 19.1 Å². The van der Waals surface area contributed by atoms with E-state index in [0.717, 1.165) is 18.7 Å². The number of rotatable bonds is 8. The second kappa shape index (κ2) is 12.2. The van der Waals surface area contributed by atoms with E-state index >= 15 is 0 Å². The number of furan rings is 1. The Bertz CT molecular complexity index is 1250. The summed E-state index contributed by atoms with van der Waals surface area (Å²) in [6.45, 7) is 6.07. The molecule has 2 heterocycles. The van der Waals surface area contributed by atoms with Gasteiger partial charge in [-0.3, -0.25) is 14.5 Å². The molecule has 1 saturated heterocycles. The van der Waals surface area contributed by atoms with Crippen LogP contribution in [0.5, 0.6) is 0 Å². The molecule has 0 saturated carbocycles. The van der Waals surface area contributed by atoms with Gasteiger partial charge in [0.25, 0.3) is 11.8 Å². The lowest BCUT2D eigenvalue weighted by molar-refractivity contribution is -0.117. The molecule has 2 N–H and O–H groups in total. The molecular weight excluding hydrogens is 501 g/mol. The molecule has 0 spiro atoms. The SMILES string of the molecule is Cc1ccc(C(=O)NC(=Cc2ccc(-c3cc(Cl)ccc3Cl)o2)C(=O)NCCN2CCOCC2)cc1. The average Bonchev–Trinajstić information content (AvgIpc) is 3.34. The summed E-state index contributed by atoms with van der Waals surface area (Å²) in [5.41, 5.74) is 2.18. The number of morpholine rings is 1. The van der Waals surface area contributed by atoms with Crippen molar-refractivity contribution in [3.05, 3.63) is 87.2 Å². The van der Waals surface area contributed by atoms with Gasteiger partial charge in [0, 0.05) is 48.4 Å². The fourth-order valence-electron chi connectivity index (χ4n) is 3.71. The fraction of sp³-hybridized carbons (Fsp3) is 0.259. The van der Waals surface area contributed by atoms with E-state index in [1.165, 1.54) is 6.08 Å². The minimum atomic E-state index is -0.414. The molecule has 4 rings (SSSR count). The lowest BCUT2D eigenvalue weighted by Crippen LogP contribution is -2.42. The lowest BCUT2D eigenvalue weighted by Gasteiger charge is -2.26. The van der Waals surface area contributed by atoms with Crippen LogP contribution in [-0.4, -0.2) is 56.1 Å². The van der Waals surface area contributed by atoms with E-state index < -0.39 is 11.8 Å². The van der Waals surface area contributed by atoms with Crippen LogP contribution in [0.4, 0.5) is 0 Å². The van der Waals surface area contributed by atoms with Gasteiger partial charge in [-0.1, -0.05) is 40.9 Å². The molecule has 188 valence electrons. The van der Waals surface area contributed by atoms with Crippen LogP contribution < -0.4 is 10.6 Å². The van der Waals surface area contributed by atoms with Crippen LogP contribution in [0.1, 0.15) is 21.7 Å². The number of nitrogens with one attached hydrogen (secondary N) is 2. The van der Waals surface area contributed by atoms with E-state index in [9.17, 15) is 9.59 Å². The summed E-state index contributed by atoms with van der Waals surface area (Å²) in [6.07, 6.45) is 1.50. The van der Waals surface area contributed by atoms with Crippen LogP contribution in [0.2, 0.25) is 10.0 Å². The predicted octanol–water partition coefficient (Wildman–Crippen LogP) is 4.78. The molecule has 36 heavy (non-hydrogen) atoms. The molecular formula is C27H27Cl2N3O4. The van der Waals surface area contributed by atoms with Gasteiger partial charge < -0.3 is 19.8 Å². The van der Waals surface area contributed by atoms with Crippen molar-refractivity contribution in [2.24, 2.45) is 0 Å². The Morgan fingerprint density at radius 3 is 2.53 bits per heavy atom. The number of hydrogen-bond donors (Lipinski definition) is 2. The number of halogens is 2. The van der Waals surface area contributed by atoms with E-state index in [1.54, 1.807) is 42.5 Å².